The highest BCUT2D eigenvalue weighted by Gasteiger charge is 2.34. The second kappa shape index (κ2) is 5.41. The number of Topliss-reactive ketones (excluding diaryl/α,β-unsaturated/α-hetero) is 1. The van der Waals surface area contributed by atoms with Gasteiger partial charge in [-0.3, -0.25) is 4.79 Å². The Labute approximate surface area is 82.6 Å². The number of aliphatic hydroxyl groups excluding tert-OH is 2. The van der Waals surface area contributed by atoms with Gasteiger partial charge < -0.3 is 19.7 Å². The van der Waals surface area contributed by atoms with Gasteiger partial charge in [-0.2, -0.15) is 0 Å². The van der Waals surface area contributed by atoms with Crippen molar-refractivity contribution < 1.29 is 24.5 Å². The van der Waals surface area contributed by atoms with E-state index in [2.05, 4.69) is 4.74 Å². The maximum atomic E-state index is 11.2. The van der Waals surface area contributed by atoms with E-state index in [0.29, 0.717) is 6.42 Å². The fourth-order valence-electron chi connectivity index (χ4n) is 1.58. The number of rotatable bonds is 5. The molecule has 0 bridgehead atoms. The first kappa shape index (κ1) is 11.6. The van der Waals surface area contributed by atoms with E-state index in [1.165, 1.54) is 7.11 Å². The molecular formula is C9H16O5. The summed E-state index contributed by atoms with van der Waals surface area (Å²) >= 11 is 0. The van der Waals surface area contributed by atoms with Crippen molar-refractivity contribution in [1.29, 1.82) is 0 Å². The molecule has 0 aromatic heterocycles. The molecule has 1 aliphatic heterocycles. The summed E-state index contributed by atoms with van der Waals surface area (Å²) in [4.78, 5) is 11.2. The minimum atomic E-state index is -0.666. The quantitative estimate of drug-likeness (QED) is 0.607. The third-order valence-electron chi connectivity index (χ3n) is 2.24. The van der Waals surface area contributed by atoms with Crippen molar-refractivity contribution in [3.05, 3.63) is 0 Å². The van der Waals surface area contributed by atoms with Gasteiger partial charge in [0.25, 0.3) is 0 Å². The zero-order valence-electron chi connectivity index (χ0n) is 8.18. The molecule has 5 nitrogen and oxygen atoms in total. The molecule has 1 rings (SSSR count). The molecule has 3 atom stereocenters. The highest BCUT2D eigenvalue weighted by atomic mass is 16.5. The summed E-state index contributed by atoms with van der Waals surface area (Å²) < 4.78 is 9.94. The van der Waals surface area contributed by atoms with E-state index in [0.717, 1.165) is 0 Å². The van der Waals surface area contributed by atoms with Gasteiger partial charge in [-0.1, -0.05) is 0 Å². The van der Waals surface area contributed by atoms with Crippen molar-refractivity contribution in [3.63, 3.8) is 0 Å². The minimum Gasteiger partial charge on any atom is -0.394 e. The van der Waals surface area contributed by atoms with E-state index in [9.17, 15) is 9.90 Å². The highest BCUT2D eigenvalue weighted by Crippen LogP contribution is 2.22. The van der Waals surface area contributed by atoms with Crippen LogP contribution in [-0.2, 0) is 14.3 Å². The third kappa shape index (κ3) is 3.02. The summed E-state index contributed by atoms with van der Waals surface area (Å²) in [5.41, 5.74) is 0. The zero-order chi connectivity index (χ0) is 10.6. The molecule has 1 aliphatic rings. The Hall–Kier alpha value is -0.490. The molecule has 1 fully saturated rings. The van der Waals surface area contributed by atoms with Crippen LogP contribution in [0.25, 0.3) is 0 Å². The molecule has 0 spiro atoms. The molecule has 2 N–H and O–H groups in total. The summed E-state index contributed by atoms with van der Waals surface area (Å²) in [5, 5.41) is 18.2. The molecule has 1 unspecified atom stereocenters. The standard InChI is InChI=1S/C9H16O5/c1-13-5-6(11)2-7-3-8(12)9(4-10)14-7/h7-10,12H,2-5H2,1H3/t7?,8-,9+/m0/s1. The van der Waals surface area contributed by atoms with Crippen molar-refractivity contribution in [1.82, 2.24) is 0 Å². The van der Waals surface area contributed by atoms with Gasteiger partial charge in [0.1, 0.15) is 12.7 Å². The number of ether oxygens (including phenoxy) is 2. The third-order valence-corrected chi connectivity index (χ3v) is 2.24. The van der Waals surface area contributed by atoms with Crippen LogP contribution in [-0.4, -0.2) is 54.6 Å². The van der Waals surface area contributed by atoms with E-state index in [1.54, 1.807) is 0 Å². The normalized spacial score (nSPS) is 32.1. The number of hydrogen-bond acceptors (Lipinski definition) is 5. The minimum absolute atomic E-state index is 0.0525. The van der Waals surface area contributed by atoms with Crippen LogP contribution in [0.4, 0.5) is 0 Å². The van der Waals surface area contributed by atoms with Crippen LogP contribution in [0.15, 0.2) is 0 Å². The Morgan fingerprint density at radius 1 is 1.64 bits per heavy atom. The average Bonchev–Trinajstić information content (AvgIpc) is 2.46. The SMILES string of the molecule is COCC(=O)CC1C[C@H](O)[C@@H](CO)O1. The van der Waals surface area contributed by atoms with Gasteiger partial charge in [0.05, 0.1) is 18.8 Å². The Kier molecular flexibility index (Phi) is 4.47. The lowest BCUT2D eigenvalue weighted by molar-refractivity contribution is -0.125. The molecule has 0 aromatic carbocycles. The number of ketones is 1. The average molecular weight is 204 g/mol. The Bertz CT molecular complexity index is 194. The van der Waals surface area contributed by atoms with Crippen molar-refractivity contribution in [3.8, 4) is 0 Å². The molecule has 1 heterocycles. The van der Waals surface area contributed by atoms with E-state index < -0.39 is 12.2 Å². The van der Waals surface area contributed by atoms with E-state index in [1.807, 2.05) is 0 Å². The van der Waals surface area contributed by atoms with Crippen molar-refractivity contribution in [2.45, 2.75) is 31.2 Å². The van der Waals surface area contributed by atoms with Crippen LogP contribution in [0.1, 0.15) is 12.8 Å². The van der Waals surface area contributed by atoms with Crippen LogP contribution in [0.5, 0.6) is 0 Å². The molecule has 82 valence electrons. The van der Waals surface area contributed by atoms with Gasteiger partial charge >= 0.3 is 0 Å². The first-order valence-electron chi connectivity index (χ1n) is 4.62. The van der Waals surface area contributed by atoms with Crippen molar-refractivity contribution in [2.24, 2.45) is 0 Å². The molecule has 5 heteroatoms. The molecule has 0 amide bonds. The molecule has 0 aromatic rings. The van der Waals surface area contributed by atoms with E-state index in [-0.39, 0.29) is 31.5 Å². The second-order valence-corrected chi connectivity index (χ2v) is 3.46. The van der Waals surface area contributed by atoms with Crippen molar-refractivity contribution >= 4 is 5.78 Å². The smallest absolute Gasteiger partial charge is 0.161 e. The number of hydrogen-bond donors (Lipinski definition) is 2. The summed E-state index contributed by atoms with van der Waals surface area (Å²) in [6.45, 7) is -0.143. The highest BCUT2D eigenvalue weighted by molar-refractivity contribution is 5.80. The van der Waals surface area contributed by atoms with Crippen LogP contribution in [0, 0.1) is 0 Å². The predicted molar refractivity (Wildman–Crippen MR) is 47.9 cm³/mol. The summed E-state index contributed by atoms with van der Waals surface area (Å²) in [6.07, 6.45) is -0.859. The molecule has 14 heavy (non-hydrogen) atoms. The Morgan fingerprint density at radius 3 is 2.86 bits per heavy atom. The van der Waals surface area contributed by atoms with Gasteiger partial charge in [-0.15, -0.1) is 0 Å². The van der Waals surface area contributed by atoms with E-state index in [4.69, 9.17) is 9.84 Å². The Morgan fingerprint density at radius 2 is 2.36 bits per heavy atom. The second-order valence-electron chi connectivity index (χ2n) is 3.46. The maximum Gasteiger partial charge on any atom is 0.161 e. The van der Waals surface area contributed by atoms with Gasteiger partial charge in [0, 0.05) is 20.0 Å². The summed E-state index contributed by atoms with van der Waals surface area (Å²) in [5.74, 6) is -0.0525. The number of methoxy groups -OCH3 is 1. The molecule has 0 aliphatic carbocycles. The summed E-state index contributed by atoms with van der Waals surface area (Å²) in [7, 11) is 1.46. The molecule has 1 saturated heterocycles. The maximum absolute atomic E-state index is 11.2. The largest absolute Gasteiger partial charge is 0.394 e. The Balaban J connectivity index is 2.31. The van der Waals surface area contributed by atoms with Gasteiger partial charge in [0.15, 0.2) is 5.78 Å². The zero-order valence-corrected chi connectivity index (χ0v) is 8.18. The first-order valence-corrected chi connectivity index (χ1v) is 4.62. The number of carbonyl (C=O) groups is 1. The molecule has 0 saturated carbocycles. The topological polar surface area (TPSA) is 76.0 Å². The lowest BCUT2D eigenvalue weighted by Gasteiger charge is -2.11. The predicted octanol–water partition coefficient (Wildman–Crippen LogP) is -0.897. The van der Waals surface area contributed by atoms with Gasteiger partial charge in [-0.05, 0) is 0 Å². The van der Waals surface area contributed by atoms with Crippen LogP contribution >= 0.6 is 0 Å². The number of aliphatic hydroxyl groups is 2. The van der Waals surface area contributed by atoms with Crippen LogP contribution in [0.2, 0.25) is 0 Å². The number of carbonyl (C=O) groups excluding carboxylic acids is 1. The lowest BCUT2D eigenvalue weighted by Crippen LogP contribution is -2.24. The fraction of sp³-hybridized carbons (Fsp3) is 0.889. The first-order chi connectivity index (χ1) is 6.67. The van der Waals surface area contributed by atoms with Gasteiger partial charge in [0.2, 0.25) is 0 Å². The van der Waals surface area contributed by atoms with Crippen molar-refractivity contribution in [2.75, 3.05) is 20.3 Å². The monoisotopic (exact) mass is 204 g/mol. The van der Waals surface area contributed by atoms with Gasteiger partial charge in [-0.25, -0.2) is 0 Å². The fourth-order valence-corrected chi connectivity index (χ4v) is 1.58. The van der Waals surface area contributed by atoms with Crippen LogP contribution in [0.3, 0.4) is 0 Å². The summed E-state index contributed by atoms with van der Waals surface area (Å²) in [6, 6.07) is 0. The molecule has 0 radical (unpaired) electrons. The van der Waals surface area contributed by atoms with E-state index >= 15 is 0 Å². The molecular weight excluding hydrogens is 188 g/mol. The lowest BCUT2D eigenvalue weighted by atomic mass is 10.1. The van der Waals surface area contributed by atoms with Crippen LogP contribution < -0.4 is 0 Å².